The van der Waals surface area contributed by atoms with Gasteiger partial charge in [0, 0.05) is 16.0 Å². The van der Waals surface area contributed by atoms with Crippen LogP contribution < -0.4 is 0 Å². The number of hydrogen-bond acceptors (Lipinski definition) is 5. The number of carbonyl (C=O) groups excluding carboxylic acids is 2. The number of allylic oxidation sites excluding steroid dienone is 1. The molecule has 0 saturated heterocycles. The number of rotatable bonds is 4. The molecule has 6 heteroatoms. The first-order chi connectivity index (χ1) is 13.6. The monoisotopic (exact) mass is 410 g/mol. The summed E-state index contributed by atoms with van der Waals surface area (Å²) in [5.41, 5.74) is 1.70. The van der Waals surface area contributed by atoms with Crippen molar-refractivity contribution >= 4 is 41.2 Å². The summed E-state index contributed by atoms with van der Waals surface area (Å²) >= 11 is 7.54. The van der Waals surface area contributed by atoms with Crippen LogP contribution in [0.2, 0.25) is 5.02 Å². The van der Waals surface area contributed by atoms with E-state index in [1.807, 2.05) is 24.3 Å². The highest BCUT2D eigenvalue weighted by Crippen LogP contribution is 2.41. The van der Waals surface area contributed by atoms with Crippen LogP contribution in [0.1, 0.15) is 33.4 Å². The van der Waals surface area contributed by atoms with E-state index in [-0.39, 0.29) is 18.0 Å². The van der Waals surface area contributed by atoms with E-state index >= 15 is 0 Å². The lowest BCUT2D eigenvalue weighted by Crippen LogP contribution is -2.05. The number of ketones is 1. The Bertz CT molecular complexity index is 1110. The van der Waals surface area contributed by atoms with E-state index in [9.17, 15) is 9.59 Å². The SMILES string of the molecule is CCOC(=O)c1cc(-c2ccc(/C=C3/Sc4ccccc4C3=O)o2)ccc1Cl. The Morgan fingerprint density at radius 3 is 2.79 bits per heavy atom. The quantitative estimate of drug-likeness (QED) is 0.384. The highest BCUT2D eigenvalue weighted by molar-refractivity contribution is 8.04. The van der Waals surface area contributed by atoms with Crippen molar-refractivity contribution in [3.05, 3.63) is 81.4 Å². The molecule has 2 heterocycles. The molecular weight excluding hydrogens is 396 g/mol. The maximum atomic E-state index is 12.5. The molecule has 28 heavy (non-hydrogen) atoms. The highest BCUT2D eigenvalue weighted by Gasteiger charge is 2.25. The predicted molar refractivity (Wildman–Crippen MR) is 110 cm³/mol. The number of fused-ring (bicyclic) bond motifs is 1. The Morgan fingerprint density at radius 2 is 2.00 bits per heavy atom. The van der Waals surface area contributed by atoms with Gasteiger partial charge in [0.15, 0.2) is 0 Å². The maximum Gasteiger partial charge on any atom is 0.339 e. The van der Waals surface area contributed by atoms with Gasteiger partial charge in [0.25, 0.3) is 0 Å². The molecule has 1 aliphatic heterocycles. The molecule has 0 bridgehead atoms. The van der Waals surface area contributed by atoms with Gasteiger partial charge in [-0.3, -0.25) is 4.79 Å². The second kappa shape index (κ2) is 7.70. The molecule has 0 N–H and O–H groups in total. The van der Waals surface area contributed by atoms with Gasteiger partial charge < -0.3 is 9.15 Å². The zero-order valence-corrected chi connectivity index (χ0v) is 16.5. The average molecular weight is 411 g/mol. The van der Waals surface area contributed by atoms with E-state index in [0.29, 0.717) is 32.6 Å². The van der Waals surface area contributed by atoms with Crippen LogP contribution in [0.5, 0.6) is 0 Å². The minimum atomic E-state index is -0.478. The summed E-state index contributed by atoms with van der Waals surface area (Å²) in [5, 5.41) is 0.321. The summed E-state index contributed by atoms with van der Waals surface area (Å²) in [6.07, 6.45) is 1.73. The number of ether oxygens (including phenoxy) is 1. The Hall–Kier alpha value is -2.76. The molecule has 1 aromatic heterocycles. The summed E-state index contributed by atoms with van der Waals surface area (Å²) in [6, 6.07) is 16.1. The van der Waals surface area contributed by atoms with Crippen molar-refractivity contribution in [2.75, 3.05) is 6.61 Å². The van der Waals surface area contributed by atoms with Crippen molar-refractivity contribution in [3.8, 4) is 11.3 Å². The topological polar surface area (TPSA) is 56.5 Å². The van der Waals surface area contributed by atoms with Crippen molar-refractivity contribution in [2.45, 2.75) is 11.8 Å². The van der Waals surface area contributed by atoms with Crippen LogP contribution in [0.15, 0.2) is 68.8 Å². The van der Waals surface area contributed by atoms with E-state index < -0.39 is 5.97 Å². The van der Waals surface area contributed by atoms with Gasteiger partial charge in [0.2, 0.25) is 5.78 Å². The molecule has 0 unspecified atom stereocenters. The first-order valence-corrected chi connectivity index (χ1v) is 9.86. The molecule has 0 amide bonds. The molecule has 2 aromatic carbocycles. The van der Waals surface area contributed by atoms with Crippen molar-refractivity contribution in [1.82, 2.24) is 0 Å². The zero-order valence-electron chi connectivity index (χ0n) is 14.9. The number of hydrogen-bond donors (Lipinski definition) is 0. The van der Waals surface area contributed by atoms with Gasteiger partial charge in [-0.1, -0.05) is 35.5 Å². The third kappa shape index (κ3) is 3.51. The third-order valence-corrected chi connectivity index (χ3v) is 5.65. The van der Waals surface area contributed by atoms with E-state index in [1.54, 1.807) is 43.3 Å². The fraction of sp³-hybridized carbons (Fsp3) is 0.0909. The standard InChI is InChI=1S/C22H15ClO4S/c1-2-26-22(25)16-11-13(7-9-17(16)23)18-10-8-14(27-18)12-20-21(24)15-5-3-4-6-19(15)28-20/h3-12H,2H2,1H3/b20-12+. The highest BCUT2D eigenvalue weighted by atomic mass is 35.5. The molecule has 4 rings (SSSR count). The number of Topliss-reactive ketones (excluding diaryl/α,β-unsaturated/α-hetero) is 1. The molecule has 0 spiro atoms. The minimum Gasteiger partial charge on any atom is -0.462 e. The van der Waals surface area contributed by atoms with Gasteiger partial charge in [-0.25, -0.2) is 4.79 Å². The van der Waals surface area contributed by atoms with Crippen LogP contribution >= 0.6 is 23.4 Å². The first-order valence-electron chi connectivity index (χ1n) is 8.67. The number of carbonyl (C=O) groups is 2. The fourth-order valence-corrected chi connectivity index (χ4v) is 4.12. The van der Waals surface area contributed by atoms with Crippen molar-refractivity contribution in [1.29, 1.82) is 0 Å². The summed E-state index contributed by atoms with van der Waals surface area (Å²) < 4.78 is 10.9. The molecule has 0 saturated carbocycles. The van der Waals surface area contributed by atoms with Crippen LogP contribution in [0, 0.1) is 0 Å². The number of halogens is 1. The van der Waals surface area contributed by atoms with Crippen molar-refractivity contribution < 1.29 is 18.7 Å². The molecule has 1 aliphatic rings. The van der Waals surface area contributed by atoms with E-state index in [0.717, 1.165) is 4.90 Å². The second-order valence-corrected chi connectivity index (χ2v) is 7.54. The molecule has 140 valence electrons. The summed E-state index contributed by atoms with van der Waals surface area (Å²) in [7, 11) is 0. The molecule has 0 atom stereocenters. The number of esters is 1. The first kappa shape index (κ1) is 18.6. The largest absolute Gasteiger partial charge is 0.462 e. The predicted octanol–water partition coefficient (Wildman–Crippen LogP) is 6.11. The molecule has 3 aromatic rings. The fourth-order valence-electron chi connectivity index (χ4n) is 2.89. The third-order valence-electron chi connectivity index (χ3n) is 4.22. The Kier molecular flexibility index (Phi) is 5.11. The van der Waals surface area contributed by atoms with Crippen LogP contribution in [0.25, 0.3) is 17.4 Å². The summed E-state index contributed by atoms with van der Waals surface area (Å²) in [6.45, 7) is 2.01. The van der Waals surface area contributed by atoms with Crippen LogP contribution in [-0.4, -0.2) is 18.4 Å². The van der Waals surface area contributed by atoms with Crippen LogP contribution in [0.3, 0.4) is 0 Å². The normalized spacial score (nSPS) is 14.4. The lowest BCUT2D eigenvalue weighted by Gasteiger charge is -2.06. The van der Waals surface area contributed by atoms with E-state index in [2.05, 4.69) is 0 Å². The van der Waals surface area contributed by atoms with Gasteiger partial charge in [0.05, 0.1) is 22.1 Å². The Labute approximate surface area is 171 Å². The molecule has 0 radical (unpaired) electrons. The molecule has 4 nitrogen and oxygen atoms in total. The van der Waals surface area contributed by atoms with Crippen molar-refractivity contribution in [3.63, 3.8) is 0 Å². The van der Waals surface area contributed by atoms with Gasteiger partial charge in [0.1, 0.15) is 11.5 Å². The number of furan rings is 1. The lowest BCUT2D eigenvalue weighted by atomic mass is 10.1. The van der Waals surface area contributed by atoms with Gasteiger partial charge in [-0.15, -0.1) is 0 Å². The maximum absolute atomic E-state index is 12.5. The van der Waals surface area contributed by atoms with Gasteiger partial charge in [-0.05, 0) is 55.5 Å². The van der Waals surface area contributed by atoms with E-state index in [1.165, 1.54) is 11.8 Å². The molecular formula is C22H15ClO4S. The minimum absolute atomic E-state index is 0.00496. The number of benzene rings is 2. The zero-order chi connectivity index (χ0) is 19.7. The Balaban J connectivity index is 1.62. The molecule has 0 fully saturated rings. The van der Waals surface area contributed by atoms with E-state index in [4.69, 9.17) is 20.8 Å². The smallest absolute Gasteiger partial charge is 0.339 e. The van der Waals surface area contributed by atoms with Gasteiger partial charge >= 0.3 is 5.97 Å². The summed E-state index contributed by atoms with van der Waals surface area (Å²) in [4.78, 5) is 26.1. The molecule has 0 aliphatic carbocycles. The van der Waals surface area contributed by atoms with Gasteiger partial charge in [-0.2, -0.15) is 0 Å². The average Bonchev–Trinajstić information content (AvgIpc) is 3.28. The number of thioether (sulfide) groups is 1. The lowest BCUT2D eigenvalue weighted by molar-refractivity contribution is 0.0526. The van der Waals surface area contributed by atoms with Crippen LogP contribution in [-0.2, 0) is 4.74 Å². The summed E-state index contributed by atoms with van der Waals surface area (Å²) in [5.74, 6) is 0.650. The second-order valence-electron chi connectivity index (χ2n) is 6.05. The van der Waals surface area contributed by atoms with Crippen molar-refractivity contribution in [2.24, 2.45) is 0 Å². The van der Waals surface area contributed by atoms with Crippen LogP contribution in [0.4, 0.5) is 0 Å². The Morgan fingerprint density at radius 1 is 1.18 bits per heavy atom.